The lowest BCUT2D eigenvalue weighted by molar-refractivity contribution is 0.338. The molecule has 4 rings (SSSR count). The quantitative estimate of drug-likeness (QED) is 0.261. The van der Waals surface area contributed by atoms with Gasteiger partial charge in [-0.25, -0.2) is 0 Å². The normalized spacial score (nSPS) is 14.9. The van der Waals surface area contributed by atoms with Crippen molar-refractivity contribution < 1.29 is 37.9 Å². The molecule has 0 aliphatic carbocycles. The summed E-state index contributed by atoms with van der Waals surface area (Å²) in [6.07, 6.45) is 3.29. The molecule has 3 aromatic carbocycles. The van der Waals surface area contributed by atoms with Crippen molar-refractivity contribution in [3.63, 3.8) is 0 Å². The summed E-state index contributed by atoms with van der Waals surface area (Å²) >= 11 is 1.22. The van der Waals surface area contributed by atoms with E-state index >= 15 is 0 Å². The maximum Gasteiger partial charge on any atom is 0.362 e. The van der Waals surface area contributed by atoms with Gasteiger partial charge in [-0.15, -0.1) is 0 Å². The van der Waals surface area contributed by atoms with Crippen molar-refractivity contribution in [1.29, 1.82) is 0 Å². The number of oxime groups is 1. The fraction of sp³-hybridized carbons (Fsp3) is 0.125. The molecule has 0 unspecified atom stereocenters. The van der Waals surface area contributed by atoms with E-state index in [1.54, 1.807) is 50.3 Å². The van der Waals surface area contributed by atoms with Crippen molar-refractivity contribution in [2.45, 2.75) is 28.5 Å². The highest BCUT2D eigenvalue weighted by molar-refractivity contribution is 8.14. The van der Waals surface area contributed by atoms with Crippen LogP contribution in [-0.4, -0.2) is 36.0 Å². The molecule has 0 saturated heterocycles. The van der Waals surface area contributed by atoms with E-state index in [0.29, 0.717) is 5.75 Å². The first-order chi connectivity index (χ1) is 17.9. The van der Waals surface area contributed by atoms with Crippen LogP contribution in [0.4, 0.5) is 0 Å². The molecule has 14 heteroatoms. The van der Waals surface area contributed by atoms with Gasteiger partial charge in [0, 0.05) is 11.8 Å². The number of rotatable bonds is 9. The van der Waals surface area contributed by atoms with Crippen LogP contribution in [0.5, 0.6) is 11.5 Å². The Hall–Kier alpha value is -3.33. The van der Waals surface area contributed by atoms with Gasteiger partial charge in [-0.1, -0.05) is 58.4 Å². The summed E-state index contributed by atoms with van der Waals surface area (Å²) in [5, 5.41) is 3.85. The summed E-state index contributed by atoms with van der Waals surface area (Å²) in [5.74, 6) is -0.484. The first kappa shape index (κ1) is 27.7. The lowest BCUT2D eigenvalue weighted by Crippen LogP contribution is -2.14. The molecule has 1 heterocycles. The fourth-order valence-electron chi connectivity index (χ4n) is 3.07. The van der Waals surface area contributed by atoms with E-state index < -0.39 is 46.7 Å². The Bertz CT molecular complexity index is 1730. The standard InChI is InChI=1S/C24H21NO9S4/c1-17-5-10-20(11-6-17)36(26,27)32-19-9-14-22(33-37(28,29)21-12-7-18(2)8-13-21)23(16-19)38(30,31)34-25-24-4-3-15-35-24/h3-14,16H,15H2,1-2H3. The minimum Gasteiger partial charge on any atom is -0.379 e. The van der Waals surface area contributed by atoms with Crippen molar-refractivity contribution in [1.82, 2.24) is 0 Å². The summed E-state index contributed by atoms with van der Waals surface area (Å²) in [6, 6.07) is 14.3. The second-order valence-electron chi connectivity index (χ2n) is 7.98. The van der Waals surface area contributed by atoms with Crippen LogP contribution in [0, 0.1) is 13.8 Å². The lowest BCUT2D eigenvalue weighted by Gasteiger charge is -2.13. The predicted molar refractivity (Wildman–Crippen MR) is 142 cm³/mol. The van der Waals surface area contributed by atoms with Crippen LogP contribution in [0.1, 0.15) is 11.1 Å². The minimum absolute atomic E-state index is 0.164. The van der Waals surface area contributed by atoms with Gasteiger partial charge in [-0.05, 0) is 56.3 Å². The average Bonchev–Trinajstić information content (AvgIpc) is 3.38. The SMILES string of the molecule is Cc1ccc(S(=O)(=O)Oc2ccc(OS(=O)(=O)c3ccc(C)cc3)c(S(=O)(=O)ON=C3C=CCS3)c2)cc1. The van der Waals surface area contributed by atoms with E-state index in [9.17, 15) is 25.3 Å². The maximum atomic E-state index is 13.1. The third-order valence-electron chi connectivity index (χ3n) is 5.02. The molecule has 3 aromatic rings. The molecule has 38 heavy (non-hydrogen) atoms. The largest absolute Gasteiger partial charge is 0.379 e. The monoisotopic (exact) mass is 595 g/mol. The second-order valence-corrected chi connectivity index (χ2v) is 13.6. The van der Waals surface area contributed by atoms with Gasteiger partial charge in [0.15, 0.2) is 10.6 Å². The summed E-state index contributed by atoms with van der Waals surface area (Å²) in [4.78, 5) is -1.19. The lowest BCUT2D eigenvalue weighted by atomic mass is 10.2. The van der Waals surface area contributed by atoms with Gasteiger partial charge >= 0.3 is 30.4 Å². The van der Waals surface area contributed by atoms with Crippen molar-refractivity contribution in [2.24, 2.45) is 5.16 Å². The van der Waals surface area contributed by atoms with Crippen LogP contribution in [0.15, 0.2) is 98.7 Å². The van der Waals surface area contributed by atoms with Crippen LogP contribution in [-0.2, 0) is 34.6 Å². The first-order valence-corrected chi connectivity index (χ1v) is 16.0. The summed E-state index contributed by atoms with van der Waals surface area (Å²) in [7, 11) is -13.6. The summed E-state index contributed by atoms with van der Waals surface area (Å²) < 4.78 is 92.3. The predicted octanol–water partition coefficient (Wildman–Crippen LogP) is 4.16. The molecule has 0 atom stereocenters. The number of thioether (sulfide) groups is 1. The topological polar surface area (TPSA) is 142 Å². The van der Waals surface area contributed by atoms with Crippen molar-refractivity contribution in [3.05, 3.63) is 90.0 Å². The third kappa shape index (κ3) is 6.56. The van der Waals surface area contributed by atoms with Gasteiger partial charge in [0.25, 0.3) is 0 Å². The molecular formula is C24H21NO9S4. The molecule has 0 radical (unpaired) electrons. The van der Waals surface area contributed by atoms with E-state index in [2.05, 4.69) is 5.16 Å². The Morgan fingerprint density at radius 1 is 0.711 bits per heavy atom. The molecule has 0 fully saturated rings. The number of nitrogens with zero attached hydrogens (tertiary/aromatic N) is 1. The highest BCUT2D eigenvalue weighted by atomic mass is 32.2. The van der Waals surface area contributed by atoms with E-state index in [0.717, 1.165) is 29.3 Å². The third-order valence-corrected chi connectivity index (χ3v) is 9.53. The van der Waals surface area contributed by atoms with Gasteiger partial charge in [0.2, 0.25) is 0 Å². The molecule has 1 aliphatic rings. The zero-order chi connectivity index (χ0) is 27.6. The number of hydrogen-bond donors (Lipinski definition) is 0. The van der Waals surface area contributed by atoms with Gasteiger partial charge in [0.05, 0.1) is 0 Å². The van der Waals surface area contributed by atoms with Gasteiger partial charge < -0.3 is 8.37 Å². The Kier molecular flexibility index (Phi) is 7.88. The van der Waals surface area contributed by atoms with Crippen LogP contribution in [0.2, 0.25) is 0 Å². The van der Waals surface area contributed by atoms with E-state index in [1.165, 1.54) is 36.0 Å². The van der Waals surface area contributed by atoms with Crippen LogP contribution in [0.25, 0.3) is 0 Å². The molecule has 0 bridgehead atoms. The number of hydrogen-bond acceptors (Lipinski definition) is 11. The first-order valence-electron chi connectivity index (χ1n) is 10.8. The Morgan fingerprint density at radius 2 is 1.26 bits per heavy atom. The molecule has 0 N–H and O–H groups in total. The second kappa shape index (κ2) is 10.8. The Morgan fingerprint density at radius 3 is 1.79 bits per heavy atom. The molecule has 10 nitrogen and oxygen atoms in total. The number of aryl methyl sites for hydroxylation is 2. The summed E-state index contributed by atoms with van der Waals surface area (Å²) in [5.41, 5.74) is 1.62. The van der Waals surface area contributed by atoms with Crippen LogP contribution >= 0.6 is 11.8 Å². The highest BCUT2D eigenvalue weighted by Crippen LogP contribution is 2.33. The maximum absolute atomic E-state index is 13.1. The Labute approximate surface area is 225 Å². The molecule has 0 amide bonds. The zero-order valence-corrected chi connectivity index (χ0v) is 23.2. The highest BCUT2D eigenvalue weighted by Gasteiger charge is 2.29. The molecule has 0 aromatic heterocycles. The van der Waals surface area contributed by atoms with Crippen molar-refractivity contribution in [3.8, 4) is 11.5 Å². The van der Waals surface area contributed by atoms with Crippen molar-refractivity contribution in [2.75, 3.05) is 5.75 Å². The van der Waals surface area contributed by atoms with Gasteiger partial charge in [-0.2, -0.15) is 25.3 Å². The average molecular weight is 596 g/mol. The number of benzene rings is 3. The fourth-order valence-corrected chi connectivity index (χ4v) is 6.56. The molecule has 200 valence electrons. The molecular weight excluding hydrogens is 575 g/mol. The van der Waals surface area contributed by atoms with Crippen LogP contribution in [0.3, 0.4) is 0 Å². The molecule has 0 spiro atoms. The van der Waals surface area contributed by atoms with Gasteiger partial charge in [-0.3, -0.25) is 4.28 Å². The molecule has 0 saturated carbocycles. The van der Waals surface area contributed by atoms with E-state index in [4.69, 9.17) is 12.6 Å². The zero-order valence-electron chi connectivity index (χ0n) is 20.0. The minimum atomic E-state index is -4.79. The smallest absolute Gasteiger partial charge is 0.362 e. The van der Waals surface area contributed by atoms with Gasteiger partial charge in [0.1, 0.15) is 20.6 Å². The summed E-state index contributed by atoms with van der Waals surface area (Å²) in [6.45, 7) is 3.54. The van der Waals surface area contributed by atoms with Crippen LogP contribution < -0.4 is 8.37 Å². The van der Waals surface area contributed by atoms with Crippen molar-refractivity contribution >= 4 is 47.2 Å². The Balaban J connectivity index is 1.73. The van der Waals surface area contributed by atoms with E-state index in [1.807, 2.05) is 0 Å². The molecule has 1 aliphatic heterocycles. The van der Waals surface area contributed by atoms with E-state index in [-0.39, 0.29) is 14.8 Å².